The molecule has 2 rings (SSSR count). The second-order valence-electron chi connectivity index (χ2n) is 4.99. The third-order valence-electron chi connectivity index (χ3n) is 3.35. The maximum Gasteiger partial charge on any atom is 0.221 e. The molecule has 4 nitrogen and oxygen atoms in total. The second kappa shape index (κ2) is 8.72. The standard InChI is InChI=1S/C18H22N2O2/c1-22-17-9-7-15(8-10-17)11-13-20-18(21)12-14-19-16-5-3-2-4-6-16/h2-10,19H,11-14H2,1H3,(H,20,21). The Morgan fingerprint density at radius 1 is 1.00 bits per heavy atom. The van der Waals surface area contributed by atoms with Crippen molar-refractivity contribution in [3.63, 3.8) is 0 Å². The number of amides is 1. The molecule has 0 atom stereocenters. The Balaban J connectivity index is 1.61. The van der Waals surface area contributed by atoms with Crippen molar-refractivity contribution >= 4 is 11.6 Å². The topological polar surface area (TPSA) is 50.4 Å². The first kappa shape index (κ1) is 15.9. The number of rotatable bonds is 8. The summed E-state index contributed by atoms with van der Waals surface area (Å²) in [5.41, 5.74) is 2.22. The van der Waals surface area contributed by atoms with Crippen LogP contribution in [0.3, 0.4) is 0 Å². The fourth-order valence-corrected chi connectivity index (χ4v) is 2.10. The Labute approximate surface area is 131 Å². The van der Waals surface area contributed by atoms with E-state index >= 15 is 0 Å². The van der Waals surface area contributed by atoms with E-state index in [0.29, 0.717) is 19.5 Å². The highest BCUT2D eigenvalue weighted by molar-refractivity contribution is 5.76. The summed E-state index contributed by atoms with van der Waals surface area (Å²) in [5.74, 6) is 0.914. The van der Waals surface area contributed by atoms with E-state index in [2.05, 4.69) is 10.6 Å². The molecular formula is C18H22N2O2. The maximum absolute atomic E-state index is 11.8. The number of carbonyl (C=O) groups is 1. The molecule has 2 N–H and O–H groups in total. The predicted molar refractivity (Wildman–Crippen MR) is 89.3 cm³/mol. The molecule has 0 saturated heterocycles. The molecule has 22 heavy (non-hydrogen) atoms. The van der Waals surface area contributed by atoms with Crippen LogP contribution in [-0.2, 0) is 11.2 Å². The van der Waals surface area contributed by atoms with Gasteiger partial charge in [-0.25, -0.2) is 0 Å². The third-order valence-corrected chi connectivity index (χ3v) is 3.35. The van der Waals surface area contributed by atoms with E-state index in [4.69, 9.17) is 4.74 Å². The van der Waals surface area contributed by atoms with Crippen molar-refractivity contribution in [2.24, 2.45) is 0 Å². The van der Waals surface area contributed by atoms with Gasteiger partial charge in [-0.2, -0.15) is 0 Å². The first-order valence-electron chi connectivity index (χ1n) is 7.46. The van der Waals surface area contributed by atoms with E-state index in [0.717, 1.165) is 17.9 Å². The van der Waals surface area contributed by atoms with Crippen molar-refractivity contribution in [2.75, 3.05) is 25.5 Å². The minimum Gasteiger partial charge on any atom is -0.497 e. The highest BCUT2D eigenvalue weighted by Gasteiger charge is 2.01. The SMILES string of the molecule is COc1ccc(CCNC(=O)CCNc2ccccc2)cc1. The molecule has 0 saturated carbocycles. The predicted octanol–water partition coefficient (Wildman–Crippen LogP) is 2.86. The number of hydrogen-bond acceptors (Lipinski definition) is 3. The summed E-state index contributed by atoms with van der Waals surface area (Å²) < 4.78 is 5.12. The number of nitrogens with one attached hydrogen (secondary N) is 2. The molecule has 0 bridgehead atoms. The van der Waals surface area contributed by atoms with Gasteiger partial charge in [0.15, 0.2) is 0 Å². The molecule has 2 aromatic carbocycles. The lowest BCUT2D eigenvalue weighted by molar-refractivity contribution is -0.120. The molecule has 0 aromatic heterocycles. The Bertz CT molecular complexity index is 567. The normalized spacial score (nSPS) is 10.0. The van der Waals surface area contributed by atoms with Crippen molar-refractivity contribution in [3.8, 4) is 5.75 Å². The average Bonchev–Trinajstić information content (AvgIpc) is 2.56. The first-order valence-corrected chi connectivity index (χ1v) is 7.46. The fourth-order valence-electron chi connectivity index (χ4n) is 2.10. The van der Waals surface area contributed by atoms with Crippen LogP contribution >= 0.6 is 0 Å². The summed E-state index contributed by atoms with van der Waals surface area (Å²) in [6, 6.07) is 17.8. The van der Waals surface area contributed by atoms with Crippen LogP contribution in [0.15, 0.2) is 54.6 Å². The molecule has 0 fully saturated rings. The van der Waals surface area contributed by atoms with Crippen LogP contribution in [0.25, 0.3) is 0 Å². The van der Waals surface area contributed by atoms with Crippen LogP contribution in [0.2, 0.25) is 0 Å². The lowest BCUT2D eigenvalue weighted by atomic mass is 10.1. The zero-order valence-corrected chi connectivity index (χ0v) is 12.8. The van der Waals surface area contributed by atoms with Crippen LogP contribution in [0.5, 0.6) is 5.75 Å². The van der Waals surface area contributed by atoms with Gasteiger partial charge in [0.1, 0.15) is 5.75 Å². The monoisotopic (exact) mass is 298 g/mol. The van der Waals surface area contributed by atoms with E-state index in [-0.39, 0.29) is 5.91 Å². The molecule has 2 aromatic rings. The van der Waals surface area contributed by atoms with E-state index in [1.54, 1.807) is 7.11 Å². The number of benzene rings is 2. The van der Waals surface area contributed by atoms with Gasteiger partial charge >= 0.3 is 0 Å². The number of anilines is 1. The minimum absolute atomic E-state index is 0.0666. The van der Waals surface area contributed by atoms with Gasteiger partial charge in [-0.15, -0.1) is 0 Å². The fraction of sp³-hybridized carbons (Fsp3) is 0.278. The summed E-state index contributed by atoms with van der Waals surface area (Å²) in [4.78, 5) is 11.8. The number of carbonyl (C=O) groups excluding carboxylic acids is 1. The molecule has 0 spiro atoms. The molecule has 0 aliphatic rings. The van der Waals surface area contributed by atoms with Crippen molar-refractivity contribution < 1.29 is 9.53 Å². The highest BCUT2D eigenvalue weighted by Crippen LogP contribution is 2.11. The quantitative estimate of drug-likeness (QED) is 0.788. The summed E-state index contributed by atoms with van der Waals surface area (Å²) in [6.07, 6.45) is 1.29. The van der Waals surface area contributed by atoms with Gasteiger partial charge in [-0.3, -0.25) is 4.79 Å². The summed E-state index contributed by atoms with van der Waals surface area (Å²) in [6.45, 7) is 1.29. The molecule has 0 aliphatic heterocycles. The van der Waals surface area contributed by atoms with Crippen LogP contribution < -0.4 is 15.4 Å². The van der Waals surface area contributed by atoms with Gasteiger partial charge in [-0.05, 0) is 36.2 Å². The minimum atomic E-state index is 0.0666. The number of methoxy groups -OCH3 is 1. The lowest BCUT2D eigenvalue weighted by Gasteiger charge is -2.08. The molecule has 1 amide bonds. The van der Waals surface area contributed by atoms with Crippen molar-refractivity contribution in [2.45, 2.75) is 12.8 Å². The Morgan fingerprint density at radius 2 is 1.73 bits per heavy atom. The van der Waals surface area contributed by atoms with E-state index in [1.807, 2.05) is 54.6 Å². The van der Waals surface area contributed by atoms with Crippen molar-refractivity contribution in [3.05, 3.63) is 60.2 Å². The van der Waals surface area contributed by atoms with Gasteiger partial charge in [-0.1, -0.05) is 30.3 Å². The first-order chi connectivity index (χ1) is 10.8. The molecule has 0 radical (unpaired) electrons. The second-order valence-corrected chi connectivity index (χ2v) is 4.99. The molecule has 4 heteroatoms. The largest absolute Gasteiger partial charge is 0.497 e. The zero-order chi connectivity index (χ0) is 15.6. The number of ether oxygens (including phenoxy) is 1. The molecule has 0 heterocycles. The summed E-state index contributed by atoms with van der Waals surface area (Å²) >= 11 is 0. The maximum atomic E-state index is 11.8. The molecular weight excluding hydrogens is 276 g/mol. The molecule has 0 unspecified atom stereocenters. The lowest BCUT2D eigenvalue weighted by Crippen LogP contribution is -2.27. The van der Waals surface area contributed by atoms with E-state index in [1.165, 1.54) is 5.56 Å². The molecule has 116 valence electrons. The smallest absolute Gasteiger partial charge is 0.221 e. The number of para-hydroxylation sites is 1. The summed E-state index contributed by atoms with van der Waals surface area (Å²) in [7, 11) is 1.65. The van der Waals surface area contributed by atoms with Crippen LogP contribution in [0.1, 0.15) is 12.0 Å². The van der Waals surface area contributed by atoms with Gasteiger partial charge < -0.3 is 15.4 Å². The average molecular weight is 298 g/mol. The summed E-state index contributed by atoms with van der Waals surface area (Å²) in [5, 5.41) is 6.16. The van der Waals surface area contributed by atoms with E-state index < -0.39 is 0 Å². The van der Waals surface area contributed by atoms with Crippen LogP contribution in [0, 0.1) is 0 Å². The highest BCUT2D eigenvalue weighted by atomic mass is 16.5. The van der Waals surface area contributed by atoms with Crippen molar-refractivity contribution in [1.29, 1.82) is 0 Å². The van der Waals surface area contributed by atoms with Gasteiger partial charge in [0, 0.05) is 25.2 Å². The van der Waals surface area contributed by atoms with E-state index in [9.17, 15) is 4.79 Å². The Hall–Kier alpha value is -2.49. The van der Waals surface area contributed by atoms with Gasteiger partial charge in [0.05, 0.1) is 7.11 Å². The Morgan fingerprint density at radius 3 is 2.41 bits per heavy atom. The van der Waals surface area contributed by atoms with Gasteiger partial charge in [0.2, 0.25) is 5.91 Å². The van der Waals surface area contributed by atoms with Crippen LogP contribution in [-0.4, -0.2) is 26.1 Å². The zero-order valence-electron chi connectivity index (χ0n) is 12.8. The number of hydrogen-bond donors (Lipinski definition) is 2. The third kappa shape index (κ3) is 5.48. The van der Waals surface area contributed by atoms with Gasteiger partial charge in [0.25, 0.3) is 0 Å². The van der Waals surface area contributed by atoms with Crippen LogP contribution in [0.4, 0.5) is 5.69 Å². The van der Waals surface area contributed by atoms with Crippen molar-refractivity contribution in [1.82, 2.24) is 5.32 Å². The molecule has 0 aliphatic carbocycles. The Kier molecular flexibility index (Phi) is 6.30.